The zero-order valence-electron chi connectivity index (χ0n) is 12.1. The molecular weight excluding hydrogens is 256 g/mol. The Hall–Kier alpha value is -2.04. The van der Waals surface area contributed by atoms with Crippen molar-refractivity contribution in [3.05, 3.63) is 29.8 Å². The molecule has 0 saturated heterocycles. The van der Waals surface area contributed by atoms with Crippen LogP contribution in [-0.2, 0) is 16.0 Å². The van der Waals surface area contributed by atoms with E-state index in [1.54, 1.807) is 0 Å². The topological polar surface area (TPSA) is 67.4 Å². The molecule has 5 heteroatoms. The van der Waals surface area contributed by atoms with E-state index in [1.165, 1.54) is 12.7 Å². The average Bonchev–Trinajstić information content (AvgIpc) is 2.47. The van der Waals surface area contributed by atoms with Crippen LogP contribution in [0.4, 0.5) is 10.5 Å². The number of aryl methyl sites for hydroxylation is 1. The van der Waals surface area contributed by atoms with Crippen molar-refractivity contribution in [2.24, 2.45) is 0 Å². The first kappa shape index (κ1) is 16.0. The van der Waals surface area contributed by atoms with Crippen molar-refractivity contribution in [2.45, 2.75) is 32.6 Å². The second kappa shape index (κ2) is 8.96. The Labute approximate surface area is 119 Å². The lowest BCUT2D eigenvalue weighted by Gasteiger charge is -2.08. The predicted molar refractivity (Wildman–Crippen MR) is 78.7 cm³/mol. The number of ether oxygens (including phenoxy) is 1. The van der Waals surface area contributed by atoms with Gasteiger partial charge < -0.3 is 15.4 Å². The molecule has 1 aromatic rings. The highest BCUT2D eigenvalue weighted by atomic mass is 16.5. The summed E-state index contributed by atoms with van der Waals surface area (Å²) in [7, 11) is 1.37. The molecule has 110 valence electrons. The molecule has 0 saturated carbocycles. The quantitative estimate of drug-likeness (QED) is 0.595. The minimum Gasteiger partial charge on any atom is -0.469 e. The van der Waals surface area contributed by atoms with Crippen LogP contribution in [0.2, 0.25) is 0 Å². The van der Waals surface area contributed by atoms with Gasteiger partial charge in [0, 0.05) is 18.7 Å². The van der Waals surface area contributed by atoms with Gasteiger partial charge in [0.1, 0.15) is 0 Å². The summed E-state index contributed by atoms with van der Waals surface area (Å²) in [6.07, 6.45) is 2.82. The molecule has 1 aromatic carbocycles. The first-order valence-corrected chi connectivity index (χ1v) is 6.86. The second-order valence-corrected chi connectivity index (χ2v) is 4.46. The van der Waals surface area contributed by atoms with Gasteiger partial charge in [0.15, 0.2) is 0 Å². The number of nitrogens with one attached hydrogen (secondary N) is 2. The molecule has 0 spiro atoms. The number of urea groups is 1. The maximum atomic E-state index is 11.6. The lowest BCUT2D eigenvalue weighted by Crippen LogP contribution is -2.29. The number of amides is 2. The molecular formula is C15H22N2O3. The van der Waals surface area contributed by atoms with Crippen LogP contribution in [0.3, 0.4) is 0 Å². The van der Waals surface area contributed by atoms with Gasteiger partial charge in [-0.3, -0.25) is 4.79 Å². The highest BCUT2D eigenvalue weighted by Gasteiger charge is 2.02. The maximum absolute atomic E-state index is 11.6. The fraction of sp³-hybridized carbons (Fsp3) is 0.467. The third-order valence-corrected chi connectivity index (χ3v) is 2.94. The Morgan fingerprint density at radius 1 is 1.15 bits per heavy atom. The van der Waals surface area contributed by atoms with Gasteiger partial charge in [-0.1, -0.05) is 19.1 Å². The van der Waals surface area contributed by atoms with E-state index in [-0.39, 0.29) is 12.0 Å². The molecule has 1 rings (SSSR count). The summed E-state index contributed by atoms with van der Waals surface area (Å²) in [5.41, 5.74) is 2.01. The number of unbranched alkanes of at least 4 members (excludes halogenated alkanes) is 1. The Morgan fingerprint density at radius 2 is 1.85 bits per heavy atom. The van der Waals surface area contributed by atoms with E-state index < -0.39 is 0 Å². The van der Waals surface area contributed by atoms with Crippen LogP contribution in [0.25, 0.3) is 0 Å². The Balaban J connectivity index is 2.18. The monoisotopic (exact) mass is 278 g/mol. The highest BCUT2D eigenvalue weighted by Crippen LogP contribution is 2.09. The summed E-state index contributed by atoms with van der Waals surface area (Å²) in [4.78, 5) is 22.5. The van der Waals surface area contributed by atoms with Gasteiger partial charge in [-0.2, -0.15) is 0 Å². The van der Waals surface area contributed by atoms with Gasteiger partial charge in [-0.25, -0.2) is 4.79 Å². The average molecular weight is 278 g/mol. The minimum absolute atomic E-state index is 0.217. The first-order chi connectivity index (χ1) is 9.65. The van der Waals surface area contributed by atoms with Crippen LogP contribution in [-0.4, -0.2) is 25.7 Å². The fourth-order valence-electron chi connectivity index (χ4n) is 1.70. The molecule has 0 heterocycles. The van der Waals surface area contributed by atoms with E-state index in [4.69, 9.17) is 0 Å². The summed E-state index contributed by atoms with van der Waals surface area (Å²) >= 11 is 0. The van der Waals surface area contributed by atoms with Crippen LogP contribution in [0, 0.1) is 0 Å². The van der Waals surface area contributed by atoms with Gasteiger partial charge in [-0.15, -0.1) is 0 Å². The van der Waals surface area contributed by atoms with Crippen LogP contribution in [0.1, 0.15) is 31.7 Å². The zero-order chi connectivity index (χ0) is 14.8. The highest BCUT2D eigenvalue weighted by molar-refractivity contribution is 5.89. The third-order valence-electron chi connectivity index (χ3n) is 2.94. The van der Waals surface area contributed by atoms with Crippen LogP contribution >= 0.6 is 0 Å². The van der Waals surface area contributed by atoms with Crippen LogP contribution in [0.5, 0.6) is 0 Å². The smallest absolute Gasteiger partial charge is 0.319 e. The molecule has 2 N–H and O–H groups in total. The summed E-state index contributed by atoms with van der Waals surface area (Å²) in [6.45, 7) is 2.62. The Bertz CT molecular complexity index is 429. The molecule has 0 unspecified atom stereocenters. The van der Waals surface area contributed by atoms with Crippen LogP contribution in [0.15, 0.2) is 24.3 Å². The third kappa shape index (κ3) is 6.22. The maximum Gasteiger partial charge on any atom is 0.319 e. The molecule has 0 fully saturated rings. The first-order valence-electron chi connectivity index (χ1n) is 6.86. The van der Waals surface area contributed by atoms with Gasteiger partial charge in [0.05, 0.1) is 7.11 Å². The van der Waals surface area contributed by atoms with Crippen molar-refractivity contribution in [1.82, 2.24) is 5.32 Å². The number of carbonyl (C=O) groups is 2. The summed E-state index contributed by atoms with van der Waals surface area (Å²) in [6, 6.07) is 7.52. The lowest BCUT2D eigenvalue weighted by atomic mass is 10.1. The molecule has 20 heavy (non-hydrogen) atoms. The fourth-order valence-corrected chi connectivity index (χ4v) is 1.70. The number of anilines is 1. The van der Waals surface area contributed by atoms with E-state index in [0.29, 0.717) is 19.4 Å². The molecule has 5 nitrogen and oxygen atoms in total. The summed E-state index contributed by atoms with van der Waals surface area (Å²) in [5.74, 6) is -0.217. The molecule has 0 aromatic heterocycles. The second-order valence-electron chi connectivity index (χ2n) is 4.46. The van der Waals surface area contributed by atoms with Gasteiger partial charge in [-0.05, 0) is 37.0 Å². The number of hydrogen-bond donors (Lipinski definition) is 2. The van der Waals surface area contributed by atoms with Crippen molar-refractivity contribution in [3.8, 4) is 0 Å². The normalized spacial score (nSPS) is 9.90. The van der Waals surface area contributed by atoms with Gasteiger partial charge >= 0.3 is 12.0 Å². The molecule has 0 bridgehead atoms. The summed E-state index contributed by atoms with van der Waals surface area (Å²) in [5, 5.41) is 5.51. The SMILES string of the molecule is CCc1ccc(NC(=O)NCCCCC(=O)OC)cc1. The van der Waals surface area contributed by atoms with E-state index in [9.17, 15) is 9.59 Å². The van der Waals surface area contributed by atoms with Crippen LogP contribution < -0.4 is 10.6 Å². The molecule has 0 aliphatic carbocycles. The summed E-state index contributed by atoms with van der Waals surface area (Å²) < 4.78 is 4.54. The Morgan fingerprint density at radius 3 is 2.45 bits per heavy atom. The molecule has 0 aliphatic heterocycles. The van der Waals surface area contributed by atoms with Crippen molar-refractivity contribution in [2.75, 3.05) is 19.0 Å². The minimum atomic E-state index is -0.229. The number of methoxy groups -OCH3 is 1. The van der Waals surface area contributed by atoms with Crippen molar-refractivity contribution < 1.29 is 14.3 Å². The van der Waals surface area contributed by atoms with Gasteiger partial charge in [0.2, 0.25) is 0 Å². The number of esters is 1. The largest absolute Gasteiger partial charge is 0.469 e. The number of benzene rings is 1. The van der Waals surface area contributed by atoms with E-state index in [2.05, 4.69) is 22.3 Å². The lowest BCUT2D eigenvalue weighted by molar-refractivity contribution is -0.140. The number of carbonyl (C=O) groups excluding carboxylic acids is 2. The van der Waals surface area contributed by atoms with Crippen molar-refractivity contribution in [3.63, 3.8) is 0 Å². The van der Waals surface area contributed by atoms with E-state index in [1.807, 2.05) is 24.3 Å². The standard InChI is InChI=1S/C15H22N2O3/c1-3-12-7-9-13(10-8-12)17-15(19)16-11-5-4-6-14(18)20-2/h7-10H,3-6,11H2,1-2H3,(H2,16,17,19). The Kier molecular flexibility index (Phi) is 7.17. The molecule has 0 atom stereocenters. The molecule has 2 amide bonds. The van der Waals surface area contributed by atoms with Crippen molar-refractivity contribution in [1.29, 1.82) is 0 Å². The zero-order valence-corrected chi connectivity index (χ0v) is 12.1. The number of rotatable bonds is 7. The van der Waals surface area contributed by atoms with Gasteiger partial charge in [0.25, 0.3) is 0 Å². The number of hydrogen-bond acceptors (Lipinski definition) is 3. The van der Waals surface area contributed by atoms with Crippen molar-refractivity contribution >= 4 is 17.7 Å². The van der Waals surface area contributed by atoms with E-state index >= 15 is 0 Å². The molecule has 0 radical (unpaired) electrons. The molecule has 0 aliphatic rings. The predicted octanol–water partition coefficient (Wildman–Crippen LogP) is 2.71. The van der Waals surface area contributed by atoms with E-state index in [0.717, 1.165) is 18.5 Å².